The minimum Gasteiger partial charge on any atom is -0.395 e. The van der Waals surface area contributed by atoms with E-state index in [2.05, 4.69) is 36.6 Å². The Morgan fingerprint density at radius 1 is 0.760 bits per heavy atom. The van der Waals surface area contributed by atoms with E-state index in [-0.39, 0.29) is 90.6 Å². The van der Waals surface area contributed by atoms with Gasteiger partial charge in [-0.05, 0) is 124 Å². The van der Waals surface area contributed by atoms with E-state index in [1.165, 1.54) is 53.4 Å². The molecule has 3 atom stereocenters. The number of carbonyl (C=O) groups excluding carboxylic acids is 8. The first-order chi connectivity index (χ1) is 45.6. The predicted molar refractivity (Wildman–Crippen MR) is 364 cm³/mol. The lowest BCUT2D eigenvalue weighted by Crippen LogP contribution is -2.63. The minimum absolute atomic E-state index is 0.0263. The van der Waals surface area contributed by atoms with Crippen molar-refractivity contribution in [3.8, 4) is 0 Å². The van der Waals surface area contributed by atoms with Crippen LogP contribution in [0.3, 0.4) is 0 Å². The van der Waals surface area contributed by atoms with Crippen molar-refractivity contribution in [2.45, 2.75) is 146 Å². The number of urea groups is 1. The monoisotopic (exact) mass is 1350 g/mol. The van der Waals surface area contributed by atoms with Crippen molar-refractivity contribution in [2.75, 3.05) is 49.6 Å². The number of pyridine rings is 1. The van der Waals surface area contributed by atoms with Gasteiger partial charge in [0.05, 0.1) is 62.8 Å². The standard InChI is InChI=1S/C70H87N11O13S2/c1-7-31-80(33-34-82)66(87)49-35-48-21-22-52(38-58(48)76-59(71)37-49)70(28-29-70)68(89)75-53-36-50-40-81(32-27-57(50)74-39-53)67(88)62(56(8-2)77-69(72)90)79-65(86)61(43(3)4)78-60(83)12-10-9-11-30-73-64(85)47-19-17-46(18-20-47)63(84)51(41-95(91,92)54-23-13-44(5)14-24-54)42-96(93,94)55-25-15-45(6)16-26-55/h13-26,35-36,38-39,43,51,56,61-62,82H,7-12,27-34,37,40-42H2,1-6H3,(H2,71,76)(H,73,85)(H,75,89)(H,78,83)(H,79,86)(H3,72,77,90)/t56?,61-,62-/m0/s1. The number of hydrogen-bond acceptors (Lipinski definition) is 16. The first-order valence-electron chi connectivity index (χ1n) is 32.5. The number of rotatable bonds is 31. The van der Waals surface area contributed by atoms with E-state index in [0.717, 1.165) is 16.7 Å². The number of nitrogens with two attached hydrogens (primary N) is 2. The molecule has 96 heavy (non-hydrogen) atoms. The fraction of sp³-hybridized carbons (Fsp3) is 0.429. The number of fused-ring (bicyclic) bond motifs is 2. The maximum atomic E-state index is 14.7. The number of aliphatic hydroxyl groups is 1. The molecule has 5 aromatic rings. The molecule has 24 nitrogen and oxygen atoms in total. The van der Waals surface area contributed by atoms with Gasteiger partial charge in [-0.3, -0.25) is 38.5 Å². The van der Waals surface area contributed by atoms with Crippen LogP contribution >= 0.6 is 0 Å². The van der Waals surface area contributed by atoms with Gasteiger partial charge < -0.3 is 53.0 Å². The van der Waals surface area contributed by atoms with Crippen LogP contribution in [0, 0.1) is 25.7 Å². The number of aromatic nitrogens is 1. The SMILES string of the molecule is CCCN(CCO)C(=O)C1=Cc2ccc(C3(C(=O)Nc4cnc5c(c4)CN(C(=O)[C@@H](NC(=O)[C@@H](NC(=O)CCCCCNC(=O)c4ccc(C(=O)C(CS(=O)(=O)c6ccc(C)cc6)CS(=O)(=O)c6ccc(C)cc6)cc4)C(C)C)C(CC)NC(N)=O)CC5)CC3)cc2N=C(N)C1. The number of amidine groups is 1. The second kappa shape index (κ2) is 32.1. The summed E-state index contributed by atoms with van der Waals surface area (Å²) in [5.74, 6) is -6.50. The van der Waals surface area contributed by atoms with Crippen molar-refractivity contribution < 1.29 is 60.3 Å². The zero-order chi connectivity index (χ0) is 69.6. The van der Waals surface area contributed by atoms with Gasteiger partial charge >= 0.3 is 6.03 Å². The molecule has 8 amide bonds. The van der Waals surface area contributed by atoms with Gasteiger partial charge in [-0.25, -0.2) is 26.6 Å². The number of sulfone groups is 2. The number of ketones is 1. The smallest absolute Gasteiger partial charge is 0.312 e. The summed E-state index contributed by atoms with van der Waals surface area (Å²) in [5, 5.41) is 23.7. The Morgan fingerprint density at radius 3 is 1.98 bits per heavy atom. The van der Waals surface area contributed by atoms with Crippen LogP contribution in [0.4, 0.5) is 16.2 Å². The summed E-state index contributed by atoms with van der Waals surface area (Å²) in [6.45, 7) is 11.7. The topological polar surface area (TPSA) is 369 Å². The molecule has 1 aromatic heterocycles. The van der Waals surface area contributed by atoms with Crippen LogP contribution in [0.15, 0.2) is 124 Å². The molecule has 26 heteroatoms. The summed E-state index contributed by atoms with van der Waals surface area (Å²) in [4.78, 5) is 122. The summed E-state index contributed by atoms with van der Waals surface area (Å²) < 4.78 is 54.4. The van der Waals surface area contributed by atoms with E-state index >= 15 is 0 Å². The van der Waals surface area contributed by atoms with Gasteiger partial charge in [0.1, 0.15) is 17.9 Å². The number of aryl methyl sites for hydroxylation is 2. The van der Waals surface area contributed by atoms with E-state index in [4.69, 9.17) is 11.5 Å². The number of unbranched alkanes of at least 4 members (excludes halogenated alkanes) is 2. The van der Waals surface area contributed by atoms with Crippen molar-refractivity contribution in [2.24, 2.45) is 28.3 Å². The van der Waals surface area contributed by atoms with Crippen LogP contribution in [0.1, 0.15) is 140 Å². The van der Waals surface area contributed by atoms with Gasteiger partial charge in [-0.2, -0.15) is 0 Å². The Kier molecular flexibility index (Phi) is 24.3. The molecule has 4 aromatic carbocycles. The molecular weight excluding hydrogens is 1270 g/mol. The van der Waals surface area contributed by atoms with E-state index < -0.39 is 102 Å². The summed E-state index contributed by atoms with van der Waals surface area (Å²) in [5.41, 5.74) is 17.0. The average molecular weight is 1350 g/mol. The number of amides is 8. The van der Waals surface area contributed by atoms with Crippen molar-refractivity contribution in [1.82, 2.24) is 36.1 Å². The Morgan fingerprint density at radius 2 is 1.40 bits per heavy atom. The molecule has 512 valence electrons. The second-order valence-corrected chi connectivity index (χ2v) is 29.4. The van der Waals surface area contributed by atoms with Crippen LogP contribution < -0.4 is 38.1 Å². The molecule has 1 saturated carbocycles. The summed E-state index contributed by atoms with van der Waals surface area (Å²) in [7, 11) is -8.24. The highest BCUT2D eigenvalue weighted by atomic mass is 32.2. The number of carbonyl (C=O) groups is 8. The third-order valence-electron chi connectivity index (χ3n) is 17.5. The molecule has 0 spiro atoms. The van der Waals surface area contributed by atoms with Gasteiger partial charge in [-0.1, -0.05) is 93.8 Å². The number of anilines is 1. The quantitative estimate of drug-likeness (QED) is 0.0184. The van der Waals surface area contributed by atoms with Crippen molar-refractivity contribution in [3.05, 3.63) is 153 Å². The maximum absolute atomic E-state index is 14.7. The molecule has 1 aliphatic carbocycles. The van der Waals surface area contributed by atoms with Crippen LogP contribution in [0.2, 0.25) is 0 Å². The highest BCUT2D eigenvalue weighted by Gasteiger charge is 2.52. The Bertz CT molecular complexity index is 3940. The Balaban J connectivity index is 0.834. The third kappa shape index (κ3) is 18.4. The van der Waals surface area contributed by atoms with Crippen LogP contribution in [-0.4, -0.2) is 152 Å². The molecule has 0 radical (unpaired) electrons. The summed E-state index contributed by atoms with van der Waals surface area (Å²) in [6, 6.07) is 20.6. The van der Waals surface area contributed by atoms with Gasteiger partial charge in [-0.15, -0.1) is 0 Å². The number of nitrogens with one attached hydrogen (secondary N) is 5. The molecule has 1 unspecified atom stereocenters. The number of hydrogen-bond donors (Lipinski definition) is 8. The van der Waals surface area contributed by atoms with Crippen molar-refractivity contribution in [1.29, 1.82) is 0 Å². The second-order valence-electron chi connectivity index (χ2n) is 25.3. The average Bonchev–Trinajstić information content (AvgIpc) is 1.58. The van der Waals surface area contributed by atoms with Crippen molar-refractivity contribution >= 4 is 90.2 Å². The zero-order valence-electron chi connectivity index (χ0n) is 55.1. The lowest BCUT2D eigenvalue weighted by molar-refractivity contribution is -0.139. The van der Waals surface area contributed by atoms with E-state index in [9.17, 15) is 60.3 Å². The van der Waals surface area contributed by atoms with E-state index in [1.807, 2.05) is 25.1 Å². The van der Waals surface area contributed by atoms with Crippen LogP contribution in [-0.2, 0) is 62.0 Å². The minimum atomic E-state index is -4.12. The molecule has 1 fully saturated rings. The Labute approximate surface area is 560 Å². The normalized spacial score (nSPS) is 15.1. The number of aliphatic imine (C=N–C) groups is 1. The van der Waals surface area contributed by atoms with Gasteiger partial charge in [0.25, 0.3) is 5.91 Å². The van der Waals surface area contributed by atoms with Gasteiger partial charge in [0.2, 0.25) is 29.5 Å². The molecule has 3 aliphatic rings. The first kappa shape index (κ1) is 72.7. The number of primary amides is 1. The molecule has 2 aliphatic heterocycles. The van der Waals surface area contributed by atoms with Crippen LogP contribution in [0.5, 0.6) is 0 Å². The van der Waals surface area contributed by atoms with E-state index in [1.54, 1.807) is 82.1 Å². The lowest BCUT2D eigenvalue weighted by atomic mass is 9.92. The fourth-order valence-electron chi connectivity index (χ4n) is 11.9. The lowest BCUT2D eigenvalue weighted by Gasteiger charge is -2.35. The summed E-state index contributed by atoms with van der Waals surface area (Å²) >= 11 is 0. The van der Waals surface area contributed by atoms with Crippen molar-refractivity contribution in [3.63, 3.8) is 0 Å². The molecule has 0 saturated heterocycles. The largest absolute Gasteiger partial charge is 0.395 e. The molecule has 8 rings (SSSR count). The molecule has 10 N–H and O–H groups in total. The molecule has 3 heterocycles. The zero-order valence-corrected chi connectivity index (χ0v) is 56.7. The van der Waals surface area contributed by atoms with Gasteiger partial charge in [0.15, 0.2) is 25.5 Å². The molecular formula is C70H87N11O13S2. The summed E-state index contributed by atoms with van der Waals surface area (Å²) in [6.07, 6.45) is 7.22. The fourth-order valence-corrected chi connectivity index (χ4v) is 15.2. The molecule has 0 bridgehead atoms. The highest BCUT2D eigenvalue weighted by molar-refractivity contribution is 7.92. The predicted octanol–water partition coefficient (Wildman–Crippen LogP) is 6.07. The van der Waals surface area contributed by atoms with Gasteiger partial charge in [0, 0.05) is 79.9 Å². The Hall–Kier alpha value is -9.14. The number of benzene rings is 4. The number of nitrogens with zero attached hydrogens (tertiary/aromatic N) is 4. The number of Topliss-reactive ketones (excluding diaryl/α,β-unsaturated/α-hetero) is 1. The highest BCUT2D eigenvalue weighted by Crippen LogP contribution is 2.50. The third-order valence-corrected chi connectivity index (χ3v) is 21.2. The van der Waals surface area contributed by atoms with Crippen LogP contribution in [0.25, 0.3) is 6.08 Å². The first-order valence-corrected chi connectivity index (χ1v) is 35.8. The maximum Gasteiger partial charge on any atom is 0.312 e. The van der Waals surface area contributed by atoms with E-state index in [0.29, 0.717) is 85.3 Å². The number of aliphatic hydroxyl groups excluding tert-OH is 1.